The second-order valence-corrected chi connectivity index (χ2v) is 9.25. The van der Waals surface area contributed by atoms with Crippen LogP contribution in [0.5, 0.6) is 11.6 Å². The van der Waals surface area contributed by atoms with E-state index in [1.54, 1.807) is 41.9 Å². The maximum atomic E-state index is 13.5. The number of benzene rings is 1. The van der Waals surface area contributed by atoms with Gasteiger partial charge in [-0.15, -0.1) is 0 Å². The number of methoxy groups -OCH3 is 1. The second-order valence-electron chi connectivity index (χ2n) is 7.30. The van der Waals surface area contributed by atoms with E-state index in [9.17, 15) is 18.0 Å². The maximum Gasteiger partial charge on any atom is 0.260 e. The maximum absolute atomic E-state index is 13.5. The Kier molecular flexibility index (Phi) is 6.60. The lowest BCUT2D eigenvalue weighted by atomic mass is 9.98. The van der Waals surface area contributed by atoms with Crippen LogP contribution in [0, 0.1) is 20.8 Å². The van der Waals surface area contributed by atoms with E-state index in [1.807, 2.05) is 0 Å². The lowest BCUT2D eigenvalue weighted by Crippen LogP contribution is -2.28. The normalized spacial score (nSPS) is 11.3. The monoisotopic (exact) mass is 437 g/mol. The number of aromatic nitrogens is 2. The van der Waals surface area contributed by atoms with Gasteiger partial charge in [0.25, 0.3) is 5.91 Å². The van der Waals surface area contributed by atoms with E-state index in [2.05, 4.69) is 5.10 Å². The van der Waals surface area contributed by atoms with E-state index in [-0.39, 0.29) is 40.2 Å². The van der Waals surface area contributed by atoms with Gasteiger partial charge in [0, 0.05) is 33.0 Å². The highest BCUT2D eigenvalue weighted by molar-refractivity contribution is 7.90. The molecule has 1 amide bonds. The lowest BCUT2D eigenvalue weighted by Gasteiger charge is -2.17. The summed E-state index contributed by atoms with van der Waals surface area (Å²) in [4.78, 5) is 26.9. The summed E-state index contributed by atoms with van der Waals surface area (Å²) in [6.45, 7) is 4.63. The Bertz CT molecular complexity index is 1120. The van der Waals surface area contributed by atoms with E-state index in [0.717, 1.165) is 6.26 Å². The zero-order valence-electron chi connectivity index (χ0n) is 18.5. The molecule has 0 radical (unpaired) electrons. The Labute approximate surface area is 176 Å². The van der Waals surface area contributed by atoms with Gasteiger partial charge in [-0.05, 0) is 32.4 Å². The molecule has 0 saturated carbocycles. The topological polar surface area (TPSA) is 108 Å². The number of carbonyl (C=O) groups excluding carboxylic acids is 2. The zero-order chi connectivity index (χ0) is 23.0. The zero-order valence-corrected chi connectivity index (χ0v) is 19.3. The number of ether oxygens (including phenoxy) is 2. The van der Waals surface area contributed by atoms with Gasteiger partial charge in [0.05, 0.1) is 23.3 Å². The van der Waals surface area contributed by atoms with Crippen molar-refractivity contribution in [2.24, 2.45) is 7.05 Å². The molecular formula is C20H27N3O6S. The van der Waals surface area contributed by atoms with Crippen LogP contribution in [0.3, 0.4) is 0 Å². The molecule has 0 bridgehead atoms. The van der Waals surface area contributed by atoms with Gasteiger partial charge in [-0.2, -0.15) is 5.10 Å². The number of nitrogens with zero attached hydrogens (tertiary/aromatic N) is 3. The average molecular weight is 438 g/mol. The van der Waals surface area contributed by atoms with Gasteiger partial charge in [-0.25, -0.2) is 13.1 Å². The number of rotatable bonds is 7. The predicted molar refractivity (Wildman–Crippen MR) is 111 cm³/mol. The highest BCUT2D eigenvalue weighted by Gasteiger charge is 2.29. The van der Waals surface area contributed by atoms with Crippen molar-refractivity contribution >= 4 is 21.5 Å². The van der Waals surface area contributed by atoms with Gasteiger partial charge in [0.15, 0.2) is 16.4 Å². The summed E-state index contributed by atoms with van der Waals surface area (Å²) < 4.78 is 36.8. The molecule has 2 rings (SSSR count). The van der Waals surface area contributed by atoms with E-state index in [1.165, 1.54) is 22.8 Å². The Morgan fingerprint density at radius 2 is 1.80 bits per heavy atom. The van der Waals surface area contributed by atoms with Crippen LogP contribution >= 0.6 is 0 Å². The molecule has 0 atom stereocenters. The molecule has 0 spiro atoms. The van der Waals surface area contributed by atoms with Crippen molar-refractivity contribution in [1.82, 2.24) is 14.7 Å². The Hall–Kier alpha value is -2.88. The summed E-state index contributed by atoms with van der Waals surface area (Å²) in [6.07, 6.45) is 1.11. The van der Waals surface area contributed by atoms with Crippen LogP contribution < -0.4 is 9.47 Å². The van der Waals surface area contributed by atoms with Crippen LogP contribution in [-0.2, 0) is 21.7 Å². The fourth-order valence-electron chi connectivity index (χ4n) is 3.41. The molecular weight excluding hydrogens is 410 g/mol. The number of sulfone groups is 1. The molecule has 1 aromatic carbocycles. The highest BCUT2D eigenvalue weighted by Crippen LogP contribution is 2.35. The molecule has 164 valence electrons. The minimum Gasteiger partial charge on any atom is -0.496 e. The SMILES string of the molecule is COc1c(C(=O)c2c(C)nn(C)c2OCC(=O)N(C)C)cc(C)c(S(C)(=O)=O)c1C. The number of likely N-dealkylation sites (N-methyl/N-ethyl adjacent to an activating group) is 1. The molecule has 0 aliphatic carbocycles. The molecule has 0 saturated heterocycles. The molecule has 0 aliphatic heterocycles. The number of hydrogen-bond donors (Lipinski definition) is 0. The quantitative estimate of drug-likeness (QED) is 0.603. The summed E-state index contributed by atoms with van der Waals surface area (Å²) >= 11 is 0. The molecule has 2 aromatic rings. The average Bonchev–Trinajstić information content (AvgIpc) is 2.90. The number of hydrogen-bond acceptors (Lipinski definition) is 7. The molecule has 9 nitrogen and oxygen atoms in total. The largest absolute Gasteiger partial charge is 0.496 e. The molecule has 1 heterocycles. The van der Waals surface area contributed by atoms with Crippen LogP contribution in [0.4, 0.5) is 0 Å². The summed E-state index contributed by atoms with van der Waals surface area (Å²) in [5.41, 5.74) is 1.59. The Morgan fingerprint density at radius 1 is 1.20 bits per heavy atom. The standard InChI is InChI=1S/C20H27N3O6S/c1-11-9-14(18(28-7)12(2)19(11)30(8,26)27)17(25)16-13(3)21-23(6)20(16)29-10-15(24)22(4)5/h9H,10H2,1-8H3. The molecule has 1 aromatic heterocycles. The number of aryl methyl sites for hydroxylation is 3. The van der Waals surface area contributed by atoms with E-state index >= 15 is 0 Å². The minimum absolute atomic E-state index is 0.131. The fourth-order valence-corrected chi connectivity index (χ4v) is 4.70. The van der Waals surface area contributed by atoms with Crippen molar-refractivity contribution in [3.05, 3.63) is 34.0 Å². The predicted octanol–water partition coefficient (Wildman–Crippen LogP) is 1.46. The van der Waals surface area contributed by atoms with Crippen molar-refractivity contribution in [2.45, 2.75) is 25.7 Å². The molecule has 10 heteroatoms. The van der Waals surface area contributed by atoms with Crippen molar-refractivity contribution in [1.29, 1.82) is 0 Å². The van der Waals surface area contributed by atoms with Crippen molar-refractivity contribution < 1.29 is 27.5 Å². The third-order valence-electron chi connectivity index (χ3n) is 4.69. The summed E-state index contributed by atoms with van der Waals surface area (Å²) in [5.74, 6) is -0.383. The number of ketones is 1. The van der Waals surface area contributed by atoms with Crippen molar-refractivity contribution in [3.63, 3.8) is 0 Å². The van der Waals surface area contributed by atoms with E-state index in [4.69, 9.17) is 9.47 Å². The van der Waals surface area contributed by atoms with Gasteiger partial charge in [0.1, 0.15) is 11.3 Å². The Morgan fingerprint density at radius 3 is 2.30 bits per heavy atom. The van der Waals surface area contributed by atoms with Crippen LogP contribution in [-0.4, -0.2) is 68.9 Å². The molecule has 30 heavy (non-hydrogen) atoms. The first kappa shape index (κ1) is 23.4. The van der Waals surface area contributed by atoms with Gasteiger partial charge in [-0.1, -0.05) is 0 Å². The first-order valence-electron chi connectivity index (χ1n) is 9.10. The molecule has 0 N–H and O–H groups in total. The van der Waals surface area contributed by atoms with Gasteiger partial charge < -0.3 is 14.4 Å². The second kappa shape index (κ2) is 8.47. The van der Waals surface area contributed by atoms with Gasteiger partial charge >= 0.3 is 0 Å². The minimum atomic E-state index is -3.52. The van der Waals surface area contributed by atoms with Crippen LogP contribution in [0.25, 0.3) is 0 Å². The number of amides is 1. The van der Waals surface area contributed by atoms with Gasteiger partial charge in [-0.3, -0.25) is 9.59 Å². The van der Waals surface area contributed by atoms with Crippen LogP contribution in [0.15, 0.2) is 11.0 Å². The van der Waals surface area contributed by atoms with E-state index < -0.39 is 15.6 Å². The smallest absolute Gasteiger partial charge is 0.260 e. The highest BCUT2D eigenvalue weighted by atomic mass is 32.2. The summed E-state index contributed by atoms with van der Waals surface area (Å²) in [7, 11) is 2.68. The molecule has 0 aliphatic rings. The Balaban J connectivity index is 2.63. The fraction of sp³-hybridized carbons (Fsp3) is 0.450. The first-order chi connectivity index (χ1) is 13.8. The van der Waals surface area contributed by atoms with Gasteiger partial charge in [0.2, 0.25) is 11.7 Å². The number of carbonyl (C=O) groups is 2. The van der Waals surface area contributed by atoms with Crippen LogP contribution in [0.2, 0.25) is 0 Å². The van der Waals surface area contributed by atoms with Crippen molar-refractivity contribution in [2.75, 3.05) is 34.1 Å². The third-order valence-corrected chi connectivity index (χ3v) is 6.06. The third kappa shape index (κ3) is 4.33. The van der Waals surface area contributed by atoms with E-state index in [0.29, 0.717) is 16.8 Å². The summed E-state index contributed by atoms with van der Waals surface area (Å²) in [6, 6.07) is 1.49. The molecule has 0 fully saturated rings. The lowest BCUT2D eigenvalue weighted by molar-refractivity contribution is -0.130. The van der Waals surface area contributed by atoms with Crippen LogP contribution in [0.1, 0.15) is 32.7 Å². The molecule has 0 unspecified atom stereocenters. The summed E-state index contributed by atoms with van der Waals surface area (Å²) in [5, 5.41) is 4.25. The van der Waals surface area contributed by atoms with Crippen molar-refractivity contribution in [3.8, 4) is 11.6 Å². The first-order valence-corrected chi connectivity index (χ1v) is 11.0.